The molecule has 3 aromatic rings. The normalized spacial score (nSPS) is 10.7. The van der Waals surface area contributed by atoms with Gasteiger partial charge in [0.25, 0.3) is 0 Å². The van der Waals surface area contributed by atoms with Crippen LogP contribution in [0.3, 0.4) is 0 Å². The van der Waals surface area contributed by atoms with Gasteiger partial charge in [-0.1, -0.05) is 34.1 Å². The van der Waals surface area contributed by atoms with E-state index in [4.69, 9.17) is 0 Å². The van der Waals surface area contributed by atoms with E-state index in [0.29, 0.717) is 5.69 Å². The zero-order valence-electron chi connectivity index (χ0n) is 9.38. The first-order valence-electron chi connectivity index (χ1n) is 5.47. The minimum absolute atomic E-state index is 0.597. The van der Waals surface area contributed by atoms with Gasteiger partial charge in [0.15, 0.2) is 6.29 Å². The van der Waals surface area contributed by atoms with E-state index in [1.807, 2.05) is 40.8 Å². The number of hydrogen-bond donors (Lipinski definition) is 0. The van der Waals surface area contributed by atoms with Crippen LogP contribution in [-0.2, 0) is 0 Å². The predicted molar refractivity (Wildman–Crippen MR) is 73.7 cm³/mol. The molecular formula is C14H9BrN2O. The number of carbonyl (C=O) groups excluding carboxylic acids is 1. The summed E-state index contributed by atoms with van der Waals surface area (Å²) in [6, 6.07) is 13.4. The van der Waals surface area contributed by atoms with Gasteiger partial charge in [-0.3, -0.25) is 9.20 Å². The fraction of sp³-hybridized carbons (Fsp3) is 0. The van der Waals surface area contributed by atoms with E-state index in [1.54, 1.807) is 12.3 Å². The van der Waals surface area contributed by atoms with Crippen LogP contribution in [0.4, 0.5) is 0 Å². The smallest absolute Gasteiger partial charge is 0.166 e. The molecule has 1 aromatic carbocycles. The fourth-order valence-corrected chi connectivity index (χ4v) is 2.40. The van der Waals surface area contributed by atoms with Crippen molar-refractivity contribution in [1.29, 1.82) is 0 Å². The number of imidazole rings is 1. The molecule has 18 heavy (non-hydrogen) atoms. The van der Waals surface area contributed by atoms with Crippen molar-refractivity contribution in [3.63, 3.8) is 0 Å². The van der Waals surface area contributed by atoms with Gasteiger partial charge >= 0.3 is 0 Å². The van der Waals surface area contributed by atoms with Crippen LogP contribution in [0.15, 0.2) is 53.1 Å². The maximum atomic E-state index is 11.1. The second kappa shape index (κ2) is 4.38. The zero-order valence-corrected chi connectivity index (χ0v) is 11.0. The van der Waals surface area contributed by atoms with E-state index in [0.717, 1.165) is 27.7 Å². The first kappa shape index (κ1) is 11.2. The Morgan fingerprint density at radius 2 is 2.00 bits per heavy atom. The van der Waals surface area contributed by atoms with E-state index < -0.39 is 0 Å². The molecule has 3 nitrogen and oxygen atoms in total. The van der Waals surface area contributed by atoms with Crippen molar-refractivity contribution in [2.75, 3.05) is 0 Å². The van der Waals surface area contributed by atoms with Crippen LogP contribution in [0.25, 0.3) is 16.9 Å². The van der Waals surface area contributed by atoms with Crippen molar-refractivity contribution < 1.29 is 4.79 Å². The number of carbonyl (C=O) groups is 1. The molecular weight excluding hydrogens is 292 g/mol. The van der Waals surface area contributed by atoms with Gasteiger partial charge in [-0.15, -0.1) is 0 Å². The molecule has 88 valence electrons. The summed E-state index contributed by atoms with van der Waals surface area (Å²) < 4.78 is 2.84. The summed E-state index contributed by atoms with van der Waals surface area (Å²) in [5, 5.41) is 0. The highest BCUT2D eigenvalue weighted by Gasteiger charge is 2.09. The first-order chi connectivity index (χ1) is 8.79. The molecule has 0 aliphatic rings. The number of fused-ring (bicyclic) bond motifs is 1. The average molecular weight is 301 g/mol. The van der Waals surface area contributed by atoms with Crippen LogP contribution in [0.1, 0.15) is 10.5 Å². The third kappa shape index (κ3) is 1.75. The van der Waals surface area contributed by atoms with Crippen molar-refractivity contribution in [2.24, 2.45) is 0 Å². The van der Waals surface area contributed by atoms with E-state index in [9.17, 15) is 4.79 Å². The second-order valence-electron chi connectivity index (χ2n) is 3.92. The molecule has 3 rings (SSSR count). The highest BCUT2D eigenvalue weighted by Crippen LogP contribution is 2.23. The maximum Gasteiger partial charge on any atom is 0.166 e. The highest BCUT2D eigenvalue weighted by atomic mass is 79.9. The van der Waals surface area contributed by atoms with E-state index in [-0.39, 0.29) is 0 Å². The first-order valence-corrected chi connectivity index (χ1v) is 6.26. The fourth-order valence-electron chi connectivity index (χ4n) is 2.00. The molecule has 2 aromatic heterocycles. The van der Waals surface area contributed by atoms with E-state index >= 15 is 0 Å². The van der Waals surface area contributed by atoms with Crippen molar-refractivity contribution in [2.45, 2.75) is 0 Å². The molecule has 0 spiro atoms. The minimum Gasteiger partial charge on any atom is -0.296 e. The van der Waals surface area contributed by atoms with Gasteiger partial charge in [0, 0.05) is 10.0 Å². The summed E-state index contributed by atoms with van der Waals surface area (Å²) >= 11 is 3.44. The van der Waals surface area contributed by atoms with Crippen LogP contribution < -0.4 is 0 Å². The average Bonchev–Trinajstić information content (AvgIpc) is 2.82. The Bertz CT molecular complexity index is 733. The third-order valence-electron chi connectivity index (χ3n) is 2.78. The Morgan fingerprint density at radius 3 is 2.78 bits per heavy atom. The van der Waals surface area contributed by atoms with Gasteiger partial charge in [-0.25, -0.2) is 4.98 Å². The van der Waals surface area contributed by atoms with Gasteiger partial charge in [0.2, 0.25) is 0 Å². The second-order valence-corrected chi connectivity index (χ2v) is 4.84. The lowest BCUT2D eigenvalue weighted by molar-refractivity contribution is 0.111. The number of aldehydes is 1. The number of rotatable bonds is 2. The Labute approximate surface area is 112 Å². The standard InChI is InChI=1S/C14H9BrN2O/c15-11-4-1-3-10(7-11)14-16-8-12-5-2-6-13(9-18)17(12)14/h1-9H. The Balaban J connectivity index is 2.33. The molecule has 0 aliphatic carbocycles. The number of hydrogen-bond acceptors (Lipinski definition) is 2. The van der Waals surface area contributed by atoms with Gasteiger partial charge in [0.1, 0.15) is 5.82 Å². The van der Waals surface area contributed by atoms with E-state index in [1.165, 1.54) is 0 Å². The Kier molecular flexibility index (Phi) is 2.72. The third-order valence-corrected chi connectivity index (χ3v) is 3.28. The molecule has 0 radical (unpaired) electrons. The van der Waals surface area contributed by atoms with Gasteiger partial charge in [0.05, 0.1) is 17.4 Å². The molecule has 0 unspecified atom stereocenters. The molecule has 2 heterocycles. The van der Waals surface area contributed by atoms with Gasteiger partial charge < -0.3 is 0 Å². The lowest BCUT2D eigenvalue weighted by atomic mass is 10.2. The van der Waals surface area contributed by atoms with Crippen LogP contribution >= 0.6 is 15.9 Å². The van der Waals surface area contributed by atoms with Crippen LogP contribution in [-0.4, -0.2) is 15.7 Å². The summed E-state index contributed by atoms with van der Waals surface area (Å²) in [6.45, 7) is 0. The summed E-state index contributed by atoms with van der Waals surface area (Å²) in [6.07, 6.45) is 2.61. The molecule has 0 saturated carbocycles. The minimum atomic E-state index is 0.597. The number of benzene rings is 1. The van der Waals surface area contributed by atoms with E-state index in [2.05, 4.69) is 20.9 Å². The molecule has 0 atom stereocenters. The maximum absolute atomic E-state index is 11.1. The monoisotopic (exact) mass is 300 g/mol. The summed E-state index contributed by atoms with van der Waals surface area (Å²) in [5.74, 6) is 0.772. The predicted octanol–water partition coefficient (Wildman–Crippen LogP) is 3.58. The Hall–Kier alpha value is -1.94. The molecule has 0 saturated heterocycles. The SMILES string of the molecule is O=Cc1cccc2cnc(-c3cccc(Br)c3)n12. The van der Waals surface area contributed by atoms with Gasteiger partial charge in [-0.2, -0.15) is 0 Å². The van der Waals surface area contributed by atoms with Crippen LogP contribution in [0.5, 0.6) is 0 Å². The van der Waals surface area contributed by atoms with Crippen LogP contribution in [0.2, 0.25) is 0 Å². The lowest BCUT2D eigenvalue weighted by Gasteiger charge is -2.04. The summed E-state index contributed by atoms with van der Waals surface area (Å²) in [7, 11) is 0. The van der Waals surface area contributed by atoms with Crippen LogP contribution in [0, 0.1) is 0 Å². The number of pyridine rings is 1. The van der Waals surface area contributed by atoms with Crippen molar-refractivity contribution >= 4 is 27.7 Å². The summed E-state index contributed by atoms with van der Waals surface area (Å²) in [5.41, 5.74) is 2.48. The highest BCUT2D eigenvalue weighted by molar-refractivity contribution is 9.10. The van der Waals surface area contributed by atoms with Crippen molar-refractivity contribution in [3.05, 3.63) is 58.8 Å². The quantitative estimate of drug-likeness (QED) is 0.678. The summed E-state index contributed by atoms with van der Waals surface area (Å²) in [4.78, 5) is 15.5. The van der Waals surface area contributed by atoms with Gasteiger partial charge in [-0.05, 0) is 24.3 Å². The zero-order chi connectivity index (χ0) is 12.5. The Morgan fingerprint density at radius 1 is 1.17 bits per heavy atom. The molecule has 0 N–H and O–H groups in total. The van der Waals surface area contributed by atoms with Crippen molar-refractivity contribution in [3.8, 4) is 11.4 Å². The van der Waals surface area contributed by atoms with Crippen molar-refractivity contribution in [1.82, 2.24) is 9.38 Å². The molecule has 0 bridgehead atoms. The molecule has 0 amide bonds. The molecule has 0 fully saturated rings. The molecule has 4 heteroatoms. The number of aromatic nitrogens is 2. The number of halogens is 1. The molecule has 0 aliphatic heterocycles. The number of nitrogens with zero attached hydrogens (tertiary/aromatic N) is 2. The topological polar surface area (TPSA) is 34.4 Å². The largest absolute Gasteiger partial charge is 0.296 e. The lowest BCUT2D eigenvalue weighted by Crippen LogP contribution is -1.97.